The Morgan fingerprint density at radius 3 is 2.58 bits per heavy atom. The van der Waals surface area contributed by atoms with Gasteiger partial charge in [-0.05, 0) is 6.92 Å². The third-order valence-corrected chi connectivity index (χ3v) is 1.51. The average Bonchev–Trinajstić information content (AvgIpc) is 2.03. The van der Waals surface area contributed by atoms with Crippen LogP contribution in [0.5, 0.6) is 0 Å². The van der Waals surface area contributed by atoms with Crippen molar-refractivity contribution in [1.82, 2.24) is 9.97 Å². The third-order valence-electron chi connectivity index (χ3n) is 1.16. The standard InChI is InChI=1S/C7H9Cl2N3/c1-5(8)2-10-7-11-3-6(9)4-12-7/h3-5H,2H2,1H3,(H,10,11,12). The Labute approximate surface area is 81.1 Å². The van der Waals surface area contributed by atoms with Gasteiger partial charge >= 0.3 is 0 Å². The fraction of sp³-hybridized carbons (Fsp3) is 0.429. The molecular formula is C7H9Cl2N3. The molecule has 5 heteroatoms. The van der Waals surface area contributed by atoms with Gasteiger partial charge in [-0.15, -0.1) is 11.6 Å². The first-order valence-electron chi connectivity index (χ1n) is 3.54. The first kappa shape index (κ1) is 9.55. The van der Waals surface area contributed by atoms with E-state index in [-0.39, 0.29) is 5.38 Å². The highest BCUT2D eigenvalue weighted by molar-refractivity contribution is 6.30. The summed E-state index contributed by atoms with van der Waals surface area (Å²) in [5.41, 5.74) is 0. The van der Waals surface area contributed by atoms with Crippen molar-refractivity contribution in [2.45, 2.75) is 12.3 Å². The smallest absolute Gasteiger partial charge is 0.222 e. The number of anilines is 1. The van der Waals surface area contributed by atoms with E-state index in [0.29, 0.717) is 17.5 Å². The van der Waals surface area contributed by atoms with Crippen molar-refractivity contribution in [1.29, 1.82) is 0 Å². The molecule has 0 saturated carbocycles. The van der Waals surface area contributed by atoms with Crippen LogP contribution in [0.3, 0.4) is 0 Å². The first-order chi connectivity index (χ1) is 5.68. The zero-order chi connectivity index (χ0) is 8.97. The molecule has 1 atom stereocenters. The van der Waals surface area contributed by atoms with E-state index in [1.165, 1.54) is 12.4 Å². The van der Waals surface area contributed by atoms with Gasteiger partial charge < -0.3 is 5.32 Å². The summed E-state index contributed by atoms with van der Waals surface area (Å²) in [7, 11) is 0. The van der Waals surface area contributed by atoms with Gasteiger partial charge in [-0.1, -0.05) is 11.6 Å². The molecule has 1 aromatic rings. The van der Waals surface area contributed by atoms with Crippen molar-refractivity contribution < 1.29 is 0 Å². The molecule has 0 fully saturated rings. The minimum absolute atomic E-state index is 0.0595. The Hall–Kier alpha value is -0.540. The summed E-state index contributed by atoms with van der Waals surface area (Å²) < 4.78 is 0. The van der Waals surface area contributed by atoms with Crippen LogP contribution < -0.4 is 5.32 Å². The zero-order valence-electron chi connectivity index (χ0n) is 6.59. The van der Waals surface area contributed by atoms with Crippen LogP contribution in [-0.2, 0) is 0 Å². The molecule has 1 rings (SSSR count). The molecule has 12 heavy (non-hydrogen) atoms. The molecule has 3 nitrogen and oxygen atoms in total. The minimum atomic E-state index is 0.0595. The van der Waals surface area contributed by atoms with Crippen molar-refractivity contribution in [3.8, 4) is 0 Å². The molecule has 0 aliphatic heterocycles. The fourth-order valence-electron chi connectivity index (χ4n) is 0.635. The molecule has 0 radical (unpaired) electrons. The Kier molecular flexibility index (Phi) is 3.56. The highest BCUT2D eigenvalue weighted by Gasteiger charge is 1.97. The number of halogens is 2. The second kappa shape index (κ2) is 4.48. The lowest BCUT2D eigenvalue weighted by Crippen LogP contribution is -2.12. The van der Waals surface area contributed by atoms with Crippen LogP contribution in [0.15, 0.2) is 12.4 Å². The van der Waals surface area contributed by atoms with Crippen molar-refractivity contribution in [2.24, 2.45) is 0 Å². The van der Waals surface area contributed by atoms with Gasteiger partial charge in [0.15, 0.2) is 0 Å². The van der Waals surface area contributed by atoms with E-state index >= 15 is 0 Å². The highest BCUT2D eigenvalue weighted by atomic mass is 35.5. The van der Waals surface area contributed by atoms with Crippen LogP contribution in [0, 0.1) is 0 Å². The quantitative estimate of drug-likeness (QED) is 0.770. The van der Waals surface area contributed by atoms with E-state index in [4.69, 9.17) is 23.2 Å². The fourth-order valence-corrected chi connectivity index (χ4v) is 0.810. The number of aromatic nitrogens is 2. The molecule has 0 amide bonds. The lowest BCUT2D eigenvalue weighted by molar-refractivity contribution is 0.960. The highest BCUT2D eigenvalue weighted by Crippen LogP contribution is 2.05. The van der Waals surface area contributed by atoms with E-state index in [9.17, 15) is 0 Å². The van der Waals surface area contributed by atoms with E-state index in [2.05, 4.69) is 15.3 Å². The Bertz CT molecular complexity index is 235. The van der Waals surface area contributed by atoms with Gasteiger partial charge in [-0.3, -0.25) is 0 Å². The van der Waals surface area contributed by atoms with Gasteiger partial charge in [0, 0.05) is 11.9 Å². The average molecular weight is 206 g/mol. The van der Waals surface area contributed by atoms with Crippen LogP contribution in [-0.4, -0.2) is 21.9 Å². The lowest BCUT2D eigenvalue weighted by atomic mass is 10.5. The maximum atomic E-state index is 5.71. The summed E-state index contributed by atoms with van der Waals surface area (Å²) >= 11 is 11.3. The molecule has 1 unspecified atom stereocenters. The molecule has 0 saturated heterocycles. The summed E-state index contributed by atoms with van der Waals surface area (Å²) in [6.45, 7) is 2.54. The molecule has 0 spiro atoms. The van der Waals surface area contributed by atoms with Crippen LogP contribution in [0.4, 0.5) is 5.95 Å². The van der Waals surface area contributed by atoms with Crippen LogP contribution in [0.2, 0.25) is 5.02 Å². The summed E-state index contributed by atoms with van der Waals surface area (Å²) in [6, 6.07) is 0. The number of nitrogens with one attached hydrogen (secondary N) is 1. The normalized spacial score (nSPS) is 12.6. The van der Waals surface area contributed by atoms with Crippen molar-refractivity contribution in [3.05, 3.63) is 17.4 Å². The lowest BCUT2D eigenvalue weighted by Gasteiger charge is -2.04. The van der Waals surface area contributed by atoms with E-state index in [1.54, 1.807) is 0 Å². The number of alkyl halides is 1. The van der Waals surface area contributed by atoms with Gasteiger partial charge in [0.25, 0.3) is 0 Å². The molecule has 0 aliphatic rings. The number of hydrogen-bond donors (Lipinski definition) is 1. The molecule has 0 aliphatic carbocycles. The van der Waals surface area contributed by atoms with Gasteiger partial charge in [0.2, 0.25) is 5.95 Å². The summed E-state index contributed by atoms with van der Waals surface area (Å²) in [5, 5.41) is 3.55. The summed E-state index contributed by atoms with van der Waals surface area (Å²) in [5.74, 6) is 0.548. The van der Waals surface area contributed by atoms with Crippen LogP contribution in [0.1, 0.15) is 6.92 Å². The molecule has 0 bridgehead atoms. The van der Waals surface area contributed by atoms with Crippen molar-refractivity contribution >= 4 is 29.2 Å². The van der Waals surface area contributed by atoms with Gasteiger partial charge in [-0.2, -0.15) is 0 Å². The first-order valence-corrected chi connectivity index (χ1v) is 4.35. The maximum Gasteiger partial charge on any atom is 0.222 e. The van der Waals surface area contributed by atoms with Gasteiger partial charge in [0.05, 0.1) is 17.4 Å². The molecule has 0 aromatic carbocycles. The second-order valence-corrected chi connectivity index (χ2v) is 3.57. The van der Waals surface area contributed by atoms with Crippen LogP contribution in [0.25, 0.3) is 0 Å². The molecule has 1 aromatic heterocycles. The largest absolute Gasteiger partial charge is 0.353 e. The Morgan fingerprint density at radius 2 is 2.08 bits per heavy atom. The van der Waals surface area contributed by atoms with E-state index in [0.717, 1.165) is 0 Å². The number of nitrogens with zero attached hydrogens (tertiary/aromatic N) is 2. The summed E-state index contributed by atoms with van der Waals surface area (Å²) in [6.07, 6.45) is 3.07. The van der Waals surface area contributed by atoms with Gasteiger partial charge in [0.1, 0.15) is 0 Å². The molecule has 66 valence electrons. The van der Waals surface area contributed by atoms with Crippen molar-refractivity contribution in [3.63, 3.8) is 0 Å². The topological polar surface area (TPSA) is 37.8 Å². The monoisotopic (exact) mass is 205 g/mol. The van der Waals surface area contributed by atoms with E-state index in [1.807, 2.05) is 6.92 Å². The van der Waals surface area contributed by atoms with Crippen molar-refractivity contribution in [2.75, 3.05) is 11.9 Å². The zero-order valence-corrected chi connectivity index (χ0v) is 8.10. The summed E-state index contributed by atoms with van der Waals surface area (Å²) in [4.78, 5) is 7.87. The molecule has 1 N–H and O–H groups in total. The minimum Gasteiger partial charge on any atom is -0.353 e. The Balaban J connectivity index is 2.48. The number of hydrogen-bond acceptors (Lipinski definition) is 3. The molecular weight excluding hydrogens is 197 g/mol. The van der Waals surface area contributed by atoms with Crippen LogP contribution >= 0.6 is 23.2 Å². The Morgan fingerprint density at radius 1 is 1.50 bits per heavy atom. The second-order valence-electron chi connectivity index (χ2n) is 2.39. The SMILES string of the molecule is CC(Cl)CNc1ncc(Cl)cn1. The molecule has 1 heterocycles. The predicted molar refractivity (Wildman–Crippen MR) is 50.8 cm³/mol. The predicted octanol–water partition coefficient (Wildman–Crippen LogP) is 2.17. The third kappa shape index (κ3) is 3.24. The maximum absolute atomic E-state index is 5.71. The van der Waals surface area contributed by atoms with Gasteiger partial charge in [-0.25, -0.2) is 9.97 Å². The number of rotatable bonds is 3. The van der Waals surface area contributed by atoms with E-state index < -0.39 is 0 Å².